The van der Waals surface area contributed by atoms with Crippen LogP contribution in [0.1, 0.15) is 79.1 Å². The highest BCUT2D eigenvalue weighted by molar-refractivity contribution is 5.31. The largest absolute Gasteiger partial charge is 0.396 e. The summed E-state index contributed by atoms with van der Waals surface area (Å²) in [6.07, 6.45) is -4.07. The van der Waals surface area contributed by atoms with E-state index >= 15 is 0 Å². The van der Waals surface area contributed by atoms with Crippen molar-refractivity contribution in [1.82, 2.24) is 0 Å². The maximum Gasteiger partial charge on any atom is 0.125 e. The average Bonchev–Trinajstić information content (AvgIpc) is 3.04. The van der Waals surface area contributed by atoms with Crippen molar-refractivity contribution < 1.29 is 46.0 Å². The molecule has 36 heavy (non-hydrogen) atoms. The van der Waals surface area contributed by atoms with Crippen LogP contribution in [0.15, 0.2) is 0 Å². The lowest BCUT2D eigenvalue weighted by Crippen LogP contribution is -2.83. The van der Waals surface area contributed by atoms with Crippen LogP contribution in [0.4, 0.5) is 0 Å². The van der Waals surface area contributed by atoms with E-state index in [1.165, 1.54) is 0 Å². The first-order valence-electron chi connectivity index (χ1n) is 13.7. The summed E-state index contributed by atoms with van der Waals surface area (Å²) < 4.78 is 0. The Hall–Kier alpha value is -0.360. The number of aliphatic hydroxyl groups excluding tert-OH is 6. The molecule has 14 unspecified atom stereocenters. The van der Waals surface area contributed by atoms with Crippen molar-refractivity contribution in [2.45, 2.75) is 126 Å². The minimum atomic E-state index is -2.05. The molecule has 14 atom stereocenters. The highest BCUT2D eigenvalue weighted by Crippen LogP contribution is 2.72. The van der Waals surface area contributed by atoms with Gasteiger partial charge in [-0.3, -0.25) is 0 Å². The lowest BCUT2D eigenvalue weighted by molar-refractivity contribution is -0.372. The van der Waals surface area contributed by atoms with Gasteiger partial charge in [-0.15, -0.1) is 0 Å². The fourth-order valence-electron chi connectivity index (χ4n) is 9.41. The van der Waals surface area contributed by atoms with Crippen LogP contribution in [0, 0.1) is 34.5 Å². The minimum absolute atomic E-state index is 0.00653. The standard InChI is InChI=1S/C27H48O9/c1-14(5-6-17(29)15(2)13-28)16-11-20(31)27(36)23(16,3)10-8-19-24(4)9-7-18(30)22(33)26(24,35)21(32)12-25(19,27)34/h14-22,28-36H,5-13H2,1-4H3. The van der Waals surface area contributed by atoms with Gasteiger partial charge < -0.3 is 46.0 Å². The number of fused-ring (bicyclic) bond motifs is 5. The predicted molar refractivity (Wildman–Crippen MR) is 130 cm³/mol. The van der Waals surface area contributed by atoms with Gasteiger partial charge in [-0.25, -0.2) is 0 Å². The van der Waals surface area contributed by atoms with E-state index in [0.717, 1.165) is 0 Å². The summed E-state index contributed by atoms with van der Waals surface area (Å²) in [5.74, 6) is -1.12. The van der Waals surface area contributed by atoms with E-state index in [4.69, 9.17) is 0 Å². The first kappa shape index (κ1) is 28.6. The van der Waals surface area contributed by atoms with Crippen molar-refractivity contribution in [2.24, 2.45) is 34.5 Å². The zero-order valence-corrected chi connectivity index (χ0v) is 22.1. The smallest absolute Gasteiger partial charge is 0.125 e. The third-order valence-electron chi connectivity index (χ3n) is 11.9. The summed E-state index contributed by atoms with van der Waals surface area (Å²) in [5.41, 5.74) is -8.00. The van der Waals surface area contributed by atoms with E-state index in [-0.39, 0.29) is 43.6 Å². The van der Waals surface area contributed by atoms with Gasteiger partial charge >= 0.3 is 0 Å². The van der Waals surface area contributed by atoms with E-state index in [1.807, 2.05) is 13.8 Å². The molecule has 0 aromatic carbocycles. The molecule has 0 bridgehead atoms. The van der Waals surface area contributed by atoms with Gasteiger partial charge in [0.25, 0.3) is 0 Å². The Labute approximate surface area is 213 Å². The Balaban J connectivity index is 1.68. The lowest BCUT2D eigenvalue weighted by atomic mass is 9.38. The predicted octanol–water partition coefficient (Wildman–Crippen LogP) is -0.331. The normalized spacial score (nSPS) is 55.2. The zero-order valence-electron chi connectivity index (χ0n) is 22.1. The van der Waals surface area contributed by atoms with Gasteiger partial charge in [-0.2, -0.15) is 0 Å². The van der Waals surface area contributed by atoms with E-state index in [0.29, 0.717) is 25.7 Å². The minimum Gasteiger partial charge on any atom is -0.396 e. The molecule has 0 spiro atoms. The summed E-state index contributed by atoms with van der Waals surface area (Å²) >= 11 is 0. The molecule has 210 valence electrons. The molecular weight excluding hydrogens is 468 g/mol. The summed E-state index contributed by atoms with van der Waals surface area (Å²) in [6.45, 7) is 7.29. The van der Waals surface area contributed by atoms with Crippen molar-refractivity contribution in [3.05, 3.63) is 0 Å². The summed E-state index contributed by atoms with van der Waals surface area (Å²) in [4.78, 5) is 0. The average molecular weight is 517 g/mol. The van der Waals surface area contributed by atoms with E-state index in [9.17, 15) is 46.0 Å². The Bertz CT molecular complexity index is 827. The molecule has 9 heteroatoms. The lowest BCUT2D eigenvalue weighted by Gasteiger charge is -2.71. The SMILES string of the molecule is CC(CO)C(O)CCC(C)C1CC(O)C2(O)C1(C)CCC1C3(C)CCC(O)C(O)C3(O)C(O)CC12O. The Morgan fingerprint density at radius 3 is 2.08 bits per heavy atom. The molecule has 0 aromatic rings. The van der Waals surface area contributed by atoms with Crippen molar-refractivity contribution in [3.63, 3.8) is 0 Å². The number of aliphatic hydroxyl groups is 9. The number of rotatable bonds is 6. The van der Waals surface area contributed by atoms with E-state index < -0.39 is 70.5 Å². The molecule has 4 saturated carbocycles. The molecule has 0 amide bonds. The molecule has 4 aliphatic rings. The second-order valence-electron chi connectivity index (χ2n) is 13.4. The molecule has 0 radical (unpaired) electrons. The van der Waals surface area contributed by atoms with Crippen molar-refractivity contribution in [3.8, 4) is 0 Å². The summed E-state index contributed by atoms with van der Waals surface area (Å²) in [6, 6.07) is 0. The molecule has 0 heterocycles. The van der Waals surface area contributed by atoms with Gasteiger partial charge in [-0.05, 0) is 62.7 Å². The maximum absolute atomic E-state index is 12.4. The van der Waals surface area contributed by atoms with Gasteiger partial charge in [-0.1, -0.05) is 27.7 Å². The van der Waals surface area contributed by atoms with Gasteiger partial charge in [0, 0.05) is 29.8 Å². The monoisotopic (exact) mass is 516 g/mol. The van der Waals surface area contributed by atoms with Crippen LogP contribution in [-0.4, -0.2) is 99.9 Å². The van der Waals surface area contributed by atoms with Gasteiger partial charge in [0.05, 0.1) is 24.4 Å². The van der Waals surface area contributed by atoms with Gasteiger partial charge in [0.1, 0.15) is 22.9 Å². The molecule has 9 nitrogen and oxygen atoms in total. The quantitative estimate of drug-likeness (QED) is 0.228. The van der Waals surface area contributed by atoms with Crippen LogP contribution >= 0.6 is 0 Å². The first-order valence-corrected chi connectivity index (χ1v) is 13.7. The van der Waals surface area contributed by atoms with Crippen molar-refractivity contribution in [2.75, 3.05) is 6.61 Å². The van der Waals surface area contributed by atoms with Crippen molar-refractivity contribution >= 4 is 0 Å². The Kier molecular flexibility index (Phi) is 7.24. The number of hydrogen-bond acceptors (Lipinski definition) is 9. The molecule has 9 N–H and O–H groups in total. The van der Waals surface area contributed by atoms with Gasteiger partial charge in [0.2, 0.25) is 0 Å². The van der Waals surface area contributed by atoms with Gasteiger partial charge in [0.15, 0.2) is 0 Å². The molecular formula is C27H48O9. The van der Waals surface area contributed by atoms with Crippen LogP contribution in [0.5, 0.6) is 0 Å². The molecule has 0 aliphatic heterocycles. The third kappa shape index (κ3) is 3.40. The van der Waals surface area contributed by atoms with E-state index in [1.54, 1.807) is 13.8 Å². The maximum atomic E-state index is 12.4. The topological polar surface area (TPSA) is 182 Å². The van der Waals surface area contributed by atoms with E-state index in [2.05, 4.69) is 0 Å². The highest BCUT2D eigenvalue weighted by Gasteiger charge is 2.81. The second-order valence-corrected chi connectivity index (χ2v) is 13.4. The van der Waals surface area contributed by atoms with Crippen LogP contribution in [-0.2, 0) is 0 Å². The molecule has 4 fully saturated rings. The first-order chi connectivity index (χ1) is 16.6. The van der Waals surface area contributed by atoms with Crippen LogP contribution in [0.3, 0.4) is 0 Å². The van der Waals surface area contributed by atoms with Crippen molar-refractivity contribution in [1.29, 1.82) is 0 Å². The highest BCUT2D eigenvalue weighted by atomic mass is 16.4. The third-order valence-corrected chi connectivity index (χ3v) is 11.9. The second kappa shape index (κ2) is 9.10. The molecule has 0 saturated heterocycles. The Morgan fingerprint density at radius 2 is 1.47 bits per heavy atom. The summed E-state index contributed by atoms with van der Waals surface area (Å²) in [5, 5.41) is 99.6. The number of hydrogen-bond donors (Lipinski definition) is 9. The molecule has 4 aliphatic carbocycles. The van der Waals surface area contributed by atoms with Crippen LogP contribution in [0.25, 0.3) is 0 Å². The van der Waals surface area contributed by atoms with Crippen LogP contribution < -0.4 is 0 Å². The zero-order chi connectivity index (χ0) is 27.1. The fourth-order valence-corrected chi connectivity index (χ4v) is 9.41. The summed E-state index contributed by atoms with van der Waals surface area (Å²) in [7, 11) is 0. The molecule has 4 rings (SSSR count). The van der Waals surface area contributed by atoms with Crippen LogP contribution in [0.2, 0.25) is 0 Å². The Morgan fingerprint density at radius 1 is 0.861 bits per heavy atom. The fraction of sp³-hybridized carbons (Fsp3) is 1.00. The molecule has 0 aromatic heterocycles.